The summed E-state index contributed by atoms with van der Waals surface area (Å²) in [4.78, 5) is 4.71. The minimum absolute atomic E-state index is 0.0311. The first kappa shape index (κ1) is 28.5. The number of nitrogens with one attached hydrogen (secondary N) is 2. The molecule has 0 radical (unpaired) electrons. The van der Waals surface area contributed by atoms with E-state index in [1.807, 2.05) is 57.9 Å². The molecule has 4 heterocycles. The van der Waals surface area contributed by atoms with Gasteiger partial charge in [-0.3, -0.25) is 0 Å². The zero-order valence-electron chi connectivity index (χ0n) is 25.3. The van der Waals surface area contributed by atoms with Gasteiger partial charge < -0.3 is 10.6 Å². The zero-order chi connectivity index (χ0) is 29.9. The minimum atomic E-state index is 0.0311. The summed E-state index contributed by atoms with van der Waals surface area (Å²) in [6.45, 7) is 7.86. The Morgan fingerprint density at radius 2 is 1.82 bits per heavy atom. The lowest BCUT2D eigenvalue weighted by molar-refractivity contribution is 0.360. The molecule has 2 N–H and O–H groups in total. The summed E-state index contributed by atoms with van der Waals surface area (Å²) in [6, 6.07) is 20.5. The average molecular weight is 607 g/mol. The van der Waals surface area contributed by atoms with Crippen molar-refractivity contribution in [1.29, 1.82) is 0 Å². The summed E-state index contributed by atoms with van der Waals surface area (Å²) in [5.74, 6) is 2.25. The van der Waals surface area contributed by atoms with Crippen LogP contribution >= 0.6 is 11.3 Å². The van der Waals surface area contributed by atoms with E-state index >= 15 is 0 Å². The Balaban J connectivity index is 0.918. The Bertz CT molecular complexity index is 1820. The van der Waals surface area contributed by atoms with Gasteiger partial charge in [0, 0.05) is 30.4 Å². The zero-order valence-corrected chi connectivity index (χ0v) is 26.1. The normalized spacial score (nSPS) is 14.0. The van der Waals surface area contributed by atoms with E-state index in [0.29, 0.717) is 12.5 Å². The van der Waals surface area contributed by atoms with Crippen LogP contribution in [-0.4, -0.2) is 59.4 Å². The molecule has 1 aliphatic rings. The number of benzene rings is 2. The highest BCUT2D eigenvalue weighted by Crippen LogP contribution is 2.40. The van der Waals surface area contributed by atoms with Gasteiger partial charge in [-0.1, -0.05) is 67.9 Å². The second kappa shape index (κ2) is 12.4. The van der Waals surface area contributed by atoms with Crippen LogP contribution in [0, 0.1) is 5.41 Å². The summed E-state index contributed by atoms with van der Waals surface area (Å²) in [5.41, 5.74) is 5.16. The molecule has 11 heteroatoms. The molecule has 10 nitrogen and oxygen atoms in total. The van der Waals surface area contributed by atoms with Crippen molar-refractivity contribution in [2.45, 2.75) is 58.4 Å². The van der Waals surface area contributed by atoms with Crippen LogP contribution in [0.1, 0.15) is 61.7 Å². The summed E-state index contributed by atoms with van der Waals surface area (Å²) in [7, 11) is 0. The molecule has 6 aromatic rings. The van der Waals surface area contributed by atoms with Crippen molar-refractivity contribution in [2.24, 2.45) is 5.41 Å². The molecule has 4 aromatic heterocycles. The number of aromatic nitrogens is 8. The number of hydrogen-bond donors (Lipinski definition) is 2. The van der Waals surface area contributed by atoms with E-state index in [4.69, 9.17) is 10.1 Å². The average Bonchev–Trinajstić information content (AvgIpc) is 3.73. The quantitative estimate of drug-likeness (QED) is 0.155. The van der Waals surface area contributed by atoms with Crippen molar-refractivity contribution in [1.82, 2.24) is 45.1 Å². The number of anilines is 1. The van der Waals surface area contributed by atoms with E-state index in [0.717, 1.165) is 71.5 Å². The Morgan fingerprint density at radius 1 is 0.977 bits per heavy atom. The van der Waals surface area contributed by atoms with Gasteiger partial charge in [-0.2, -0.15) is 4.52 Å². The molecule has 0 saturated heterocycles. The van der Waals surface area contributed by atoms with Crippen LogP contribution < -0.4 is 10.6 Å². The number of thiazole rings is 1. The molecule has 226 valence electrons. The summed E-state index contributed by atoms with van der Waals surface area (Å²) < 4.78 is 4.97. The predicted molar refractivity (Wildman–Crippen MR) is 175 cm³/mol. The Morgan fingerprint density at radius 3 is 2.64 bits per heavy atom. The van der Waals surface area contributed by atoms with Gasteiger partial charge in [0.15, 0.2) is 17.3 Å². The number of nitrogens with zero attached hydrogens (tertiary/aromatic N) is 8. The number of aryl methyl sites for hydroxylation is 1. The highest BCUT2D eigenvalue weighted by molar-refractivity contribution is 7.18. The van der Waals surface area contributed by atoms with Crippen LogP contribution in [0.3, 0.4) is 0 Å². The molecule has 0 atom stereocenters. The highest BCUT2D eigenvalue weighted by atomic mass is 32.1. The van der Waals surface area contributed by atoms with Crippen molar-refractivity contribution >= 4 is 33.0 Å². The Kier molecular flexibility index (Phi) is 8.05. The fraction of sp³-hybridized carbons (Fsp3) is 0.394. The lowest BCUT2D eigenvalue weighted by Crippen LogP contribution is -2.36. The number of rotatable bonds is 13. The van der Waals surface area contributed by atoms with Crippen molar-refractivity contribution in [3.63, 3.8) is 0 Å². The molecule has 0 bridgehead atoms. The second-order valence-corrected chi connectivity index (χ2v) is 13.6. The van der Waals surface area contributed by atoms with Gasteiger partial charge in [-0.15, -0.1) is 31.7 Å². The standard InChI is InChI=1S/C33H38N10S/c1-33(2,21-34-17-9-14-25-19-42(41-37-25)20-30-36-27-15-6-7-16-28(27)44-30)22-35-31-26(23-12-8-13-23)18-29-38-39-32(43(29)40-31)24-10-4-3-5-11-24/h3-7,10-11,15-16,18-19,23,34H,8-9,12-14,17,20-22H2,1-2H3,(H,35,40). The lowest BCUT2D eigenvalue weighted by Gasteiger charge is -2.30. The van der Waals surface area contributed by atoms with Gasteiger partial charge in [0.2, 0.25) is 0 Å². The summed E-state index contributed by atoms with van der Waals surface area (Å²) >= 11 is 1.71. The van der Waals surface area contributed by atoms with Crippen LogP contribution in [-0.2, 0) is 13.0 Å². The van der Waals surface area contributed by atoms with Crippen LogP contribution in [0.2, 0.25) is 0 Å². The SMILES string of the molecule is CC(C)(CNCCCc1cn(Cc2nc3ccccc3s2)nn1)CNc1nn2c(-c3ccccc3)nnc2cc1C1CCC1. The molecule has 2 aromatic carbocycles. The number of para-hydroxylation sites is 1. The van der Waals surface area contributed by atoms with E-state index in [-0.39, 0.29) is 5.41 Å². The van der Waals surface area contributed by atoms with Gasteiger partial charge in [0.05, 0.1) is 22.5 Å². The van der Waals surface area contributed by atoms with Crippen molar-refractivity contribution in [3.05, 3.63) is 83.1 Å². The van der Waals surface area contributed by atoms with Gasteiger partial charge in [-0.05, 0) is 61.8 Å². The van der Waals surface area contributed by atoms with Gasteiger partial charge >= 0.3 is 0 Å². The molecule has 1 fully saturated rings. The maximum atomic E-state index is 5.04. The third-order valence-electron chi connectivity index (χ3n) is 8.35. The molecule has 0 unspecified atom stereocenters. The van der Waals surface area contributed by atoms with Crippen LogP contribution in [0.15, 0.2) is 66.9 Å². The highest BCUT2D eigenvalue weighted by Gasteiger charge is 2.26. The second-order valence-electron chi connectivity index (χ2n) is 12.5. The van der Waals surface area contributed by atoms with E-state index < -0.39 is 0 Å². The molecule has 44 heavy (non-hydrogen) atoms. The van der Waals surface area contributed by atoms with Gasteiger partial charge in [-0.25, -0.2) is 9.67 Å². The molecule has 0 spiro atoms. The first-order valence-corrected chi connectivity index (χ1v) is 16.3. The largest absolute Gasteiger partial charge is 0.368 e. The first-order valence-electron chi connectivity index (χ1n) is 15.5. The minimum Gasteiger partial charge on any atom is -0.368 e. The molecule has 0 aliphatic heterocycles. The maximum absolute atomic E-state index is 5.04. The van der Waals surface area contributed by atoms with Crippen LogP contribution in [0.4, 0.5) is 5.82 Å². The fourth-order valence-corrected chi connectivity index (χ4v) is 6.60. The Labute approximate surface area is 260 Å². The summed E-state index contributed by atoms with van der Waals surface area (Å²) in [5, 5.41) is 31.1. The van der Waals surface area contributed by atoms with E-state index in [1.165, 1.54) is 29.5 Å². The van der Waals surface area contributed by atoms with Crippen molar-refractivity contribution < 1.29 is 0 Å². The van der Waals surface area contributed by atoms with Crippen molar-refractivity contribution in [3.8, 4) is 11.4 Å². The van der Waals surface area contributed by atoms with Crippen LogP contribution in [0.25, 0.3) is 27.3 Å². The molecule has 1 saturated carbocycles. The first-order chi connectivity index (χ1) is 21.5. The van der Waals surface area contributed by atoms with Gasteiger partial charge in [0.25, 0.3) is 0 Å². The molecule has 7 rings (SSSR count). The number of hydrogen-bond acceptors (Lipinski definition) is 9. The topological polar surface area (TPSA) is 111 Å². The van der Waals surface area contributed by atoms with E-state index in [1.54, 1.807) is 11.3 Å². The maximum Gasteiger partial charge on any atom is 0.185 e. The lowest BCUT2D eigenvalue weighted by atomic mass is 9.80. The summed E-state index contributed by atoms with van der Waals surface area (Å²) in [6.07, 6.45) is 7.61. The molecule has 0 amide bonds. The van der Waals surface area contributed by atoms with Crippen LogP contribution in [0.5, 0.6) is 0 Å². The smallest absolute Gasteiger partial charge is 0.185 e. The third kappa shape index (κ3) is 6.34. The molecule has 1 aliphatic carbocycles. The Hall–Kier alpha value is -4.22. The molecular formula is C33H38N10S. The van der Waals surface area contributed by atoms with E-state index in [9.17, 15) is 0 Å². The molecular weight excluding hydrogens is 569 g/mol. The predicted octanol–water partition coefficient (Wildman–Crippen LogP) is 5.97. The monoisotopic (exact) mass is 606 g/mol. The fourth-order valence-electron chi connectivity index (χ4n) is 5.64. The van der Waals surface area contributed by atoms with E-state index in [2.05, 4.69) is 63.2 Å². The third-order valence-corrected chi connectivity index (χ3v) is 9.37. The number of fused-ring (bicyclic) bond motifs is 2. The van der Waals surface area contributed by atoms with Crippen molar-refractivity contribution in [2.75, 3.05) is 25.0 Å². The van der Waals surface area contributed by atoms with Gasteiger partial charge in [0.1, 0.15) is 5.01 Å².